The third kappa shape index (κ3) is 3.51. The fourth-order valence-corrected chi connectivity index (χ4v) is 2.07. The normalized spacial score (nSPS) is 10.9. The number of para-hydroxylation sites is 1. The molecule has 4 nitrogen and oxygen atoms in total. The highest BCUT2D eigenvalue weighted by molar-refractivity contribution is 5.81. The van der Waals surface area contributed by atoms with Crippen LogP contribution in [0.15, 0.2) is 36.5 Å². The van der Waals surface area contributed by atoms with Gasteiger partial charge in [-0.3, -0.25) is 14.7 Å². The van der Waals surface area contributed by atoms with Crippen molar-refractivity contribution in [2.75, 3.05) is 20.2 Å². The maximum atomic E-state index is 11.4. The van der Waals surface area contributed by atoms with Gasteiger partial charge in [0.2, 0.25) is 0 Å². The number of ether oxygens (including phenoxy) is 1. The minimum Gasteiger partial charge on any atom is -0.465 e. The molecule has 0 unspecified atom stereocenters. The Kier molecular flexibility index (Phi) is 4.47. The molecular weight excluding hydrogens is 240 g/mol. The van der Waals surface area contributed by atoms with E-state index in [0.717, 1.165) is 16.5 Å². The largest absolute Gasteiger partial charge is 0.465 e. The minimum absolute atomic E-state index is 0.191. The number of aromatic nitrogens is 1. The van der Waals surface area contributed by atoms with E-state index in [4.69, 9.17) is 4.74 Å². The number of nitrogens with zero attached hydrogens (tertiary/aromatic N) is 2. The molecule has 0 N–H and O–H groups in total. The highest BCUT2D eigenvalue weighted by Gasteiger charge is 2.09. The Morgan fingerprint density at radius 1 is 1.32 bits per heavy atom. The molecule has 0 saturated heterocycles. The topological polar surface area (TPSA) is 42.4 Å². The minimum atomic E-state index is -0.191. The molecule has 1 aromatic carbocycles. The van der Waals surface area contributed by atoms with Crippen LogP contribution in [-0.4, -0.2) is 36.1 Å². The third-order valence-electron chi connectivity index (χ3n) is 2.88. The van der Waals surface area contributed by atoms with Gasteiger partial charge in [0.25, 0.3) is 0 Å². The van der Waals surface area contributed by atoms with Gasteiger partial charge in [-0.1, -0.05) is 18.2 Å². The molecule has 0 bridgehead atoms. The van der Waals surface area contributed by atoms with Gasteiger partial charge in [0.15, 0.2) is 0 Å². The van der Waals surface area contributed by atoms with E-state index in [9.17, 15) is 4.79 Å². The molecule has 0 saturated carbocycles. The molecule has 0 amide bonds. The number of carbonyl (C=O) groups excluding carboxylic acids is 1. The number of benzene rings is 1. The molecule has 2 aromatic rings. The van der Waals surface area contributed by atoms with Crippen LogP contribution in [-0.2, 0) is 16.1 Å². The van der Waals surface area contributed by atoms with Gasteiger partial charge >= 0.3 is 5.97 Å². The highest BCUT2D eigenvalue weighted by atomic mass is 16.5. The fraction of sp³-hybridized carbons (Fsp3) is 0.333. The zero-order valence-electron chi connectivity index (χ0n) is 11.3. The Hall–Kier alpha value is -1.94. The van der Waals surface area contributed by atoms with E-state index in [2.05, 4.69) is 11.1 Å². The summed E-state index contributed by atoms with van der Waals surface area (Å²) >= 11 is 0. The van der Waals surface area contributed by atoms with E-state index in [-0.39, 0.29) is 5.97 Å². The van der Waals surface area contributed by atoms with Gasteiger partial charge in [0.05, 0.1) is 18.7 Å². The molecule has 19 heavy (non-hydrogen) atoms. The number of rotatable bonds is 5. The smallest absolute Gasteiger partial charge is 0.320 e. The summed E-state index contributed by atoms with van der Waals surface area (Å²) in [4.78, 5) is 17.7. The molecule has 0 aliphatic carbocycles. The van der Waals surface area contributed by atoms with E-state index < -0.39 is 0 Å². The van der Waals surface area contributed by atoms with Crippen molar-refractivity contribution in [2.24, 2.45) is 0 Å². The molecule has 0 aliphatic heterocycles. The second-order valence-corrected chi connectivity index (χ2v) is 4.46. The molecule has 4 heteroatoms. The number of pyridine rings is 1. The molecule has 0 radical (unpaired) electrons. The molecular formula is C15H18N2O2. The van der Waals surface area contributed by atoms with Crippen LogP contribution in [0.4, 0.5) is 0 Å². The average Bonchev–Trinajstić information content (AvgIpc) is 2.39. The van der Waals surface area contributed by atoms with Crippen LogP contribution in [0, 0.1) is 0 Å². The van der Waals surface area contributed by atoms with Crippen molar-refractivity contribution in [1.82, 2.24) is 9.88 Å². The zero-order chi connectivity index (χ0) is 13.7. The Labute approximate surface area is 113 Å². The first-order valence-electron chi connectivity index (χ1n) is 6.37. The van der Waals surface area contributed by atoms with Crippen LogP contribution < -0.4 is 0 Å². The van der Waals surface area contributed by atoms with Gasteiger partial charge in [-0.05, 0) is 31.7 Å². The van der Waals surface area contributed by atoms with Crippen molar-refractivity contribution in [3.8, 4) is 0 Å². The number of likely N-dealkylation sites (N-methyl/N-ethyl adjacent to an activating group) is 1. The van der Waals surface area contributed by atoms with E-state index in [1.165, 1.54) is 0 Å². The van der Waals surface area contributed by atoms with Crippen molar-refractivity contribution < 1.29 is 9.53 Å². The van der Waals surface area contributed by atoms with E-state index in [0.29, 0.717) is 19.7 Å². The van der Waals surface area contributed by atoms with Crippen molar-refractivity contribution in [1.29, 1.82) is 0 Å². The van der Waals surface area contributed by atoms with Crippen LogP contribution in [0.25, 0.3) is 10.9 Å². The summed E-state index contributed by atoms with van der Waals surface area (Å²) in [6.07, 6.45) is 1.80. The number of fused-ring (bicyclic) bond motifs is 1. The summed E-state index contributed by atoms with van der Waals surface area (Å²) in [5.74, 6) is -0.191. The van der Waals surface area contributed by atoms with E-state index >= 15 is 0 Å². The molecule has 0 atom stereocenters. The Balaban J connectivity index is 2.10. The molecule has 1 aromatic heterocycles. The summed E-state index contributed by atoms with van der Waals surface area (Å²) in [7, 11) is 1.91. The van der Waals surface area contributed by atoms with Gasteiger partial charge < -0.3 is 4.74 Å². The highest BCUT2D eigenvalue weighted by Crippen LogP contribution is 2.17. The molecule has 1 heterocycles. The number of hydrogen-bond acceptors (Lipinski definition) is 4. The average molecular weight is 258 g/mol. The fourth-order valence-electron chi connectivity index (χ4n) is 2.07. The van der Waals surface area contributed by atoms with Gasteiger partial charge in [0, 0.05) is 18.1 Å². The maximum Gasteiger partial charge on any atom is 0.320 e. The second-order valence-electron chi connectivity index (χ2n) is 4.46. The summed E-state index contributed by atoms with van der Waals surface area (Å²) in [6, 6.07) is 10.0. The lowest BCUT2D eigenvalue weighted by Crippen LogP contribution is -2.27. The van der Waals surface area contributed by atoms with Crippen LogP contribution in [0.5, 0.6) is 0 Å². The second kappa shape index (κ2) is 6.29. The standard InChI is InChI=1S/C15H18N2O2/c1-3-19-15(18)11-17(2)10-12-8-9-16-14-7-5-4-6-13(12)14/h4-9H,3,10-11H2,1-2H3. The van der Waals surface area contributed by atoms with Gasteiger partial charge in [-0.2, -0.15) is 0 Å². The van der Waals surface area contributed by atoms with Crippen molar-refractivity contribution in [3.05, 3.63) is 42.1 Å². The Morgan fingerprint density at radius 3 is 2.89 bits per heavy atom. The zero-order valence-corrected chi connectivity index (χ0v) is 11.3. The SMILES string of the molecule is CCOC(=O)CN(C)Cc1ccnc2ccccc12. The maximum absolute atomic E-state index is 11.4. The lowest BCUT2D eigenvalue weighted by Gasteiger charge is -2.16. The van der Waals surface area contributed by atoms with Crippen molar-refractivity contribution in [3.63, 3.8) is 0 Å². The lowest BCUT2D eigenvalue weighted by molar-refractivity contribution is -0.144. The lowest BCUT2D eigenvalue weighted by atomic mass is 10.1. The van der Waals surface area contributed by atoms with Crippen LogP contribution >= 0.6 is 0 Å². The Morgan fingerprint density at radius 2 is 2.11 bits per heavy atom. The molecule has 2 rings (SSSR count). The van der Waals surface area contributed by atoms with E-state index in [1.54, 1.807) is 6.20 Å². The first-order chi connectivity index (χ1) is 9.20. The first-order valence-corrected chi connectivity index (χ1v) is 6.37. The quantitative estimate of drug-likeness (QED) is 0.771. The summed E-state index contributed by atoms with van der Waals surface area (Å²) in [5.41, 5.74) is 2.14. The number of carbonyl (C=O) groups is 1. The monoisotopic (exact) mass is 258 g/mol. The molecule has 0 aliphatic rings. The summed E-state index contributed by atoms with van der Waals surface area (Å²) in [5, 5.41) is 1.13. The predicted molar refractivity (Wildman–Crippen MR) is 74.7 cm³/mol. The number of esters is 1. The van der Waals surface area contributed by atoms with E-state index in [1.807, 2.05) is 43.1 Å². The van der Waals surface area contributed by atoms with Crippen molar-refractivity contribution in [2.45, 2.75) is 13.5 Å². The first kappa shape index (κ1) is 13.5. The van der Waals surface area contributed by atoms with Gasteiger partial charge in [-0.25, -0.2) is 0 Å². The van der Waals surface area contributed by atoms with Crippen LogP contribution in [0.2, 0.25) is 0 Å². The van der Waals surface area contributed by atoms with Gasteiger partial charge in [-0.15, -0.1) is 0 Å². The summed E-state index contributed by atoms with van der Waals surface area (Å²) < 4.78 is 4.94. The van der Waals surface area contributed by atoms with Crippen molar-refractivity contribution >= 4 is 16.9 Å². The molecule has 100 valence electrons. The molecule has 0 fully saturated rings. The number of hydrogen-bond donors (Lipinski definition) is 0. The summed E-state index contributed by atoms with van der Waals surface area (Å²) in [6.45, 7) is 3.23. The molecule has 0 spiro atoms. The van der Waals surface area contributed by atoms with Gasteiger partial charge in [0.1, 0.15) is 0 Å². The van der Waals surface area contributed by atoms with Crippen LogP contribution in [0.1, 0.15) is 12.5 Å². The third-order valence-corrected chi connectivity index (χ3v) is 2.88. The van der Waals surface area contributed by atoms with Crippen LogP contribution in [0.3, 0.4) is 0 Å². The Bertz CT molecular complexity index is 564. The predicted octanol–water partition coefficient (Wildman–Crippen LogP) is 2.23.